The third-order valence-electron chi connectivity index (χ3n) is 10.0. The summed E-state index contributed by atoms with van der Waals surface area (Å²) in [6, 6.07) is -8.44. The molecule has 12 unspecified atom stereocenters. The summed E-state index contributed by atoms with van der Waals surface area (Å²) in [5.41, 5.74) is 11.1. The van der Waals surface area contributed by atoms with E-state index < -0.39 is 182 Å². The molecule has 3 aliphatic rings. The minimum absolute atomic E-state index is 0. The number of benzene rings is 1. The van der Waals surface area contributed by atoms with Gasteiger partial charge in [-0.3, -0.25) is 33.6 Å². The predicted molar refractivity (Wildman–Crippen MR) is 195 cm³/mol. The first kappa shape index (κ1) is 51.1. The molecule has 0 aliphatic carbocycles. The van der Waals surface area contributed by atoms with E-state index in [0.29, 0.717) is 4.90 Å². The van der Waals surface area contributed by atoms with Gasteiger partial charge in [-0.1, -0.05) is 6.07 Å². The van der Waals surface area contributed by atoms with Crippen molar-refractivity contribution < 1.29 is 117 Å². The first-order chi connectivity index (χ1) is 28.1. The van der Waals surface area contributed by atoms with Crippen LogP contribution in [0.15, 0.2) is 18.2 Å². The number of fused-ring (bicyclic) bond motifs is 2. The number of aromatic hydroxyl groups is 1. The first-order valence-corrected chi connectivity index (χ1v) is 19.3. The Bertz CT molecular complexity index is 1890. The molecule has 0 bridgehead atoms. The Morgan fingerprint density at radius 3 is 2.13 bits per heavy atom. The van der Waals surface area contributed by atoms with E-state index in [1.807, 2.05) is 5.32 Å². The number of nitrogens with one attached hydrogen (secondary N) is 4. The van der Waals surface area contributed by atoms with Gasteiger partial charge < -0.3 is 96.0 Å². The van der Waals surface area contributed by atoms with Crippen molar-refractivity contribution in [2.45, 2.75) is 105 Å². The molecule has 3 heterocycles. The van der Waals surface area contributed by atoms with Crippen LogP contribution >= 0.6 is 0 Å². The molecule has 3 aliphatic heterocycles. The van der Waals surface area contributed by atoms with E-state index in [9.17, 15) is 82.8 Å². The molecule has 1 aromatic carbocycles. The third kappa shape index (κ3) is 12.9. The fourth-order valence-corrected chi connectivity index (χ4v) is 7.25. The fraction of sp³-hybridized carbons (Fsp3) is 0.606. The third-order valence-corrected chi connectivity index (χ3v) is 10.3. The minimum atomic E-state index is -3.17. The average Bonchev–Trinajstić information content (AvgIpc) is 3.76. The van der Waals surface area contributed by atoms with E-state index in [4.69, 9.17) is 11.5 Å². The second kappa shape index (κ2) is 22.2. The predicted octanol–water partition coefficient (Wildman–Crippen LogP) is -12.0. The Balaban J connectivity index is 0.00000992. The van der Waals surface area contributed by atoms with Crippen LogP contribution in [0.4, 0.5) is 0 Å². The first-order valence-electron chi connectivity index (χ1n) is 18.3. The summed E-state index contributed by atoms with van der Waals surface area (Å²) in [6.45, 7) is -2.08. The summed E-state index contributed by atoms with van der Waals surface area (Å²) in [5.74, 6) is -10.1. The minimum Gasteiger partial charge on any atom is -0.530 e. The summed E-state index contributed by atoms with van der Waals surface area (Å²) in [7, 11) is -3.17. The Morgan fingerprint density at radius 1 is 0.852 bits per heavy atom. The Hall–Kier alpha value is -4.26. The number of primary amides is 1. The van der Waals surface area contributed by atoms with Crippen molar-refractivity contribution in [1.82, 2.24) is 31.1 Å². The van der Waals surface area contributed by atoms with Gasteiger partial charge in [0.05, 0.1) is 43.5 Å². The van der Waals surface area contributed by atoms with E-state index in [2.05, 4.69) is 20.1 Å². The Morgan fingerprint density at radius 2 is 1.51 bits per heavy atom. The number of carbonyl (C=O) groups is 7. The monoisotopic (exact) mass is 898 g/mol. The van der Waals surface area contributed by atoms with Crippen LogP contribution in [0.25, 0.3) is 0 Å². The number of hydrogen-bond acceptors (Lipinski definition) is 20. The summed E-state index contributed by atoms with van der Waals surface area (Å²) < 4.78 is 26.8. The van der Waals surface area contributed by atoms with Crippen LogP contribution in [0.3, 0.4) is 0 Å². The zero-order valence-corrected chi connectivity index (χ0v) is 35.3. The van der Waals surface area contributed by atoms with Crippen molar-refractivity contribution in [2.75, 3.05) is 19.7 Å². The van der Waals surface area contributed by atoms with Gasteiger partial charge in [-0.2, -0.15) is 0 Å². The number of amides is 7. The molecule has 12 atom stereocenters. The van der Waals surface area contributed by atoms with E-state index in [-0.39, 0.29) is 41.5 Å². The van der Waals surface area contributed by atoms with Gasteiger partial charge in [-0.05, 0) is 24.1 Å². The molecule has 334 valence electrons. The number of hydrogen-bond donors (Lipinski definition) is 14. The maximum atomic E-state index is 14.2. The SMILES string of the molecule is NC(=O)CC(O)C1NC(=O)C(C(O)Cc2ccc(O)c(O[S-](=O)=O)c2)NC(=O)C2CC(O)CN2C(=O)C(CO)NC(=O)C(N)CC(O)C(O)NC(=O)C2C(O)CCN2C1=O.[Na+]. The molecule has 28 heteroatoms. The number of aliphatic hydroxyl groups excluding tert-OH is 7. The number of carbonyl (C=O) groups excluding carboxylic acids is 7. The maximum Gasteiger partial charge on any atom is 1.00 e. The van der Waals surface area contributed by atoms with Crippen molar-refractivity contribution in [3.05, 3.63) is 23.8 Å². The molecule has 16 N–H and O–H groups in total. The normalized spacial score (nSPS) is 30.7. The van der Waals surface area contributed by atoms with Crippen LogP contribution in [-0.2, 0) is 59.4 Å². The summed E-state index contributed by atoms with van der Waals surface area (Å²) in [5, 5.41) is 93.5. The van der Waals surface area contributed by atoms with Crippen molar-refractivity contribution in [1.29, 1.82) is 0 Å². The van der Waals surface area contributed by atoms with Crippen LogP contribution in [0.1, 0.15) is 31.2 Å². The molecule has 61 heavy (non-hydrogen) atoms. The summed E-state index contributed by atoms with van der Waals surface area (Å²) in [4.78, 5) is 95.5. The van der Waals surface area contributed by atoms with Crippen LogP contribution in [0, 0.1) is 0 Å². The van der Waals surface area contributed by atoms with Crippen molar-refractivity contribution in [3.8, 4) is 11.5 Å². The number of nitrogens with two attached hydrogens (primary N) is 2. The molecule has 3 saturated heterocycles. The second-order valence-electron chi connectivity index (χ2n) is 14.4. The zero-order valence-electron chi connectivity index (χ0n) is 32.4. The molecule has 1 aromatic rings. The second-order valence-corrected chi connectivity index (χ2v) is 15.0. The van der Waals surface area contributed by atoms with Gasteiger partial charge in [0.25, 0.3) is 0 Å². The van der Waals surface area contributed by atoms with Gasteiger partial charge in [-0.15, -0.1) is 0 Å². The van der Waals surface area contributed by atoms with Gasteiger partial charge in [-0.25, -0.2) is 0 Å². The zero-order chi connectivity index (χ0) is 44.7. The number of rotatable bonds is 9. The van der Waals surface area contributed by atoms with E-state index in [1.54, 1.807) is 0 Å². The number of phenolic OH excluding ortho intramolecular Hbond substituents is 1. The van der Waals surface area contributed by atoms with E-state index in [1.165, 1.54) is 6.07 Å². The van der Waals surface area contributed by atoms with Gasteiger partial charge in [0.2, 0.25) is 41.4 Å². The molecule has 3 fully saturated rings. The fourth-order valence-electron chi connectivity index (χ4n) is 6.97. The van der Waals surface area contributed by atoms with Crippen molar-refractivity contribution in [3.63, 3.8) is 0 Å². The van der Waals surface area contributed by atoms with Gasteiger partial charge in [0.1, 0.15) is 53.0 Å². The van der Waals surface area contributed by atoms with Crippen LogP contribution in [0.5, 0.6) is 11.5 Å². The van der Waals surface area contributed by atoms with E-state index in [0.717, 1.165) is 17.0 Å². The molecule has 4 rings (SSSR count). The Labute approximate surface area is 370 Å². The average molecular weight is 899 g/mol. The van der Waals surface area contributed by atoms with Crippen molar-refractivity contribution >= 4 is 52.3 Å². The smallest absolute Gasteiger partial charge is 0.530 e. The molecule has 0 aromatic heterocycles. The summed E-state index contributed by atoms with van der Waals surface area (Å²) >= 11 is 0. The molecule has 26 nitrogen and oxygen atoms in total. The van der Waals surface area contributed by atoms with Gasteiger partial charge >= 0.3 is 29.6 Å². The van der Waals surface area contributed by atoms with Crippen LogP contribution in [-0.4, -0.2) is 185 Å². The number of nitrogens with zero attached hydrogens (tertiary/aromatic N) is 2. The van der Waals surface area contributed by atoms with Crippen LogP contribution in [0.2, 0.25) is 0 Å². The molecular formula is C33H47N8NaO18S. The van der Waals surface area contributed by atoms with E-state index >= 15 is 0 Å². The number of phenols is 1. The van der Waals surface area contributed by atoms with Gasteiger partial charge in [0, 0.05) is 32.4 Å². The molecule has 7 amide bonds. The van der Waals surface area contributed by atoms with Crippen molar-refractivity contribution in [2.24, 2.45) is 11.5 Å². The van der Waals surface area contributed by atoms with Gasteiger partial charge in [0.15, 0.2) is 12.0 Å². The molecule has 0 radical (unpaired) electrons. The number of aliphatic hydroxyl groups is 7. The quantitative estimate of drug-likeness (QED) is 0.0808. The molecule has 0 spiro atoms. The molecule has 0 saturated carbocycles. The maximum absolute atomic E-state index is 14.2. The van der Waals surface area contributed by atoms with Crippen LogP contribution < -0.4 is 66.5 Å². The summed E-state index contributed by atoms with van der Waals surface area (Å²) in [6.07, 6.45) is -14.7. The standard InChI is InChI=1S/C33H47N8O18S.Na/c34-14-8-21(48)29(52)39-31(54)26-18(45)3-4-40(26)33(56)25(20(47)9-23(35)49)38-30(53)24(19(46)5-12-1-2-17(44)22(6-12)59-60(57)58)37-28(51)16-7-13(43)10-41(16)32(55)15(11-42)36-27(14)50;/h1-2,6,13-16,18-21,24-26,29,42-48,52H,3-5,7-11,34H2,(H2,35,49)(H,36,50)(H,37,51)(H,38,53)(H,39,54);/q-1;+1. The molecular weight excluding hydrogens is 851 g/mol. The largest absolute Gasteiger partial charge is 1.00 e. The topological polar surface area (TPSA) is 431 Å². The Kier molecular flexibility index (Phi) is 18.6.